The van der Waals surface area contributed by atoms with Gasteiger partial charge in [0.15, 0.2) is 0 Å². The molecule has 0 radical (unpaired) electrons. The molecule has 1 fully saturated rings. The molecule has 1 N–H and O–H groups in total. The van der Waals surface area contributed by atoms with Crippen molar-refractivity contribution in [3.05, 3.63) is 58.9 Å². The second-order valence-corrected chi connectivity index (χ2v) is 7.53. The van der Waals surface area contributed by atoms with Crippen molar-refractivity contribution >= 4 is 27.5 Å². The Bertz CT molecular complexity index is 930. The minimum Gasteiger partial charge on any atom is -0.379 e. The molecule has 0 spiro atoms. The first kappa shape index (κ1) is 18.2. The van der Waals surface area contributed by atoms with E-state index >= 15 is 0 Å². The summed E-state index contributed by atoms with van der Waals surface area (Å²) in [5.41, 5.74) is 1.45. The molecule has 0 bridgehead atoms. The molecule has 27 heavy (non-hydrogen) atoms. The summed E-state index contributed by atoms with van der Waals surface area (Å²) in [5, 5.41) is 6.07. The van der Waals surface area contributed by atoms with Gasteiger partial charge in [-0.15, -0.1) is 11.3 Å². The summed E-state index contributed by atoms with van der Waals surface area (Å²) in [6.07, 6.45) is 0. The lowest BCUT2D eigenvalue weighted by Crippen LogP contribution is -2.41. The van der Waals surface area contributed by atoms with Crippen molar-refractivity contribution in [1.29, 1.82) is 0 Å². The number of thiophene rings is 1. The van der Waals surface area contributed by atoms with Crippen molar-refractivity contribution in [2.24, 2.45) is 0 Å². The first-order valence-corrected chi connectivity index (χ1v) is 9.98. The van der Waals surface area contributed by atoms with Crippen LogP contribution in [0.25, 0.3) is 10.2 Å². The van der Waals surface area contributed by atoms with Crippen molar-refractivity contribution in [2.75, 3.05) is 39.4 Å². The first-order valence-electron chi connectivity index (χ1n) is 9.10. The molecular formula is C20H22FN3O2S. The van der Waals surface area contributed by atoms with Crippen molar-refractivity contribution in [2.45, 2.75) is 6.54 Å². The second-order valence-electron chi connectivity index (χ2n) is 6.64. The molecule has 5 nitrogen and oxygen atoms in total. The van der Waals surface area contributed by atoms with Crippen LogP contribution in [0.15, 0.2) is 41.8 Å². The number of hydrogen-bond donors (Lipinski definition) is 1. The number of nitrogens with one attached hydrogen (secondary N) is 1. The van der Waals surface area contributed by atoms with E-state index in [0.717, 1.165) is 48.6 Å². The Hall–Kier alpha value is -2.22. The molecule has 7 heteroatoms. The van der Waals surface area contributed by atoms with Gasteiger partial charge in [-0.25, -0.2) is 4.39 Å². The number of carbonyl (C=O) groups excluding carboxylic acids is 1. The number of carbonyl (C=O) groups is 1. The topological polar surface area (TPSA) is 46.5 Å². The number of rotatable bonds is 6. The lowest BCUT2D eigenvalue weighted by Gasteiger charge is -2.26. The number of fused-ring (bicyclic) bond motifs is 1. The Balaban J connectivity index is 1.48. The Morgan fingerprint density at radius 1 is 1.22 bits per heavy atom. The van der Waals surface area contributed by atoms with Crippen LogP contribution in [-0.2, 0) is 11.3 Å². The van der Waals surface area contributed by atoms with Gasteiger partial charge in [-0.1, -0.05) is 12.1 Å². The smallest absolute Gasteiger partial charge is 0.268 e. The summed E-state index contributed by atoms with van der Waals surface area (Å²) in [7, 11) is 0. The van der Waals surface area contributed by atoms with Crippen LogP contribution in [-0.4, -0.2) is 54.8 Å². The zero-order valence-corrected chi connectivity index (χ0v) is 15.8. The fraction of sp³-hybridized carbons (Fsp3) is 0.350. The molecule has 1 aromatic carbocycles. The van der Waals surface area contributed by atoms with Crippen molar-refractivity contribution in [3.8, 4) is 0 Å². The largest absolute Gasteiger partial charge is 0.379 e. The molecule has 4 rings (SSSR count). The second kappa shape index (κ2) is 8.21. The number of amides is 1. The zero-order chi connectivity index (χ0) is 18.6. The number of halogens is 1. The van der Waals surface area contributed by atoms with E-state index < -0.39 is 0 Å². The highest BCUT2D eigenvalue weighted by Gasteiger charge is 2.17. The van der Waals surface area contributed by atoms with Gasteiger partial charge in [0.05, 0.1) is 13.2 Å². The normalized spacial score (nSPS) is 15.3. The SMILES string of the molecule is O=C(NCCN1CCOCC1)c1cc2ccsc2n1Cc1cccc(F)c1. The summed E-state index contributed by atoms with van der Waals surface area (Å²) in [6, 6.07) is 10.4. The van der Waals surface area contributed by atoms with Gasteiger partial charge in [0.2, 0.25) is 0 Å². The molecule has 142 valence electrons. The number of benzene rings is 1. The van der Waals surface area contributed by atoms with Crippen LogP contribution < -0.4 is 5.32 Å². The van der Waals surface area contributed by atoms with E-state index in [4.69, 9.17) is 4.74 Å². The Morgan fingerprint density at radius 2 is 2.07 bits per heavy atom. The van der Waals surface area contributed by atoms with Crippen LogP contribution in [0, 0.1) is 5.82 Å². The van der Waals surface area contributed by atoms with Crippen molar-refractivity contribution < 1.29 is 13.9 Å². The molecule has 1 aliphatic heterocycles. The molecule has 0 saturated carbocycles. The predicted molar refractivity (Wildman–Crippen MR) is 105 cm³/mol. The number of aromatic nitrogens is 1. The van der Waals surface area contributed by atoms with Gasteiger partial charge in [0, 0.05) is 38.1 Å². The van der Waals surface area contributed by atoms with E-state index in [2.05, 4.69) is 10.2 Å². The van der Waals surface area contributed by atoms with E-state index in [1.807, 2.05) is 28.1 Å². The summed E-state index contributed by atoms with van der Waals surface area (Å²) < 4.78 is 20.9. The van der Waals surface area contributed by atoms with Crippen LogP contribution >= 0.6 is 11.3 Å². The third-order valence-corrected chi connectivity index (χ3v) is 5.73. The van der Waals surface area contributed by atoms with E-state index in [1.54, 1.807) is 17.4 Å². The lowest BCUT2D eigenvalue weighted by molar-refractivity contribution is 0.0383. The number of ether oxygens (including phenoxy) is 1. The number of nitrogens with zero attached hydrogens (tertiary/aromatic N) is 2. The number of hydrogen-bond acceptors (Lipinski definition) is 4. The van der Waals surface area contributed by atoms with E-state index in [-0.39, 0.29) is 11.7 Å². The van der Waals surface area contributed by atoms with Gasteiger partial charge in [-0.05, 0) is 35.2 Å². The standard InChI is InChI=1S/C20H22FN3O2S/c21-17-3-1-2-15(12-17)14-24-18(13-16-4-11-27-20(16)24)19(25)22-5-6-23-7-9-26-10-8-23/h1-4,11-13H,5-10,14H2,(H,22,25). The Kier molecular flexibility index (Phi) is 5.52. The van der Waals surface area contributed by atoms with Gasteiger partial charge in [0.1, 0.15) is 16.3 Å². The maximum Gasteiger partial charge on any atom is 0.268 e. The Labute approximate surface area is 161 Å². The predicted octanol–water partition coefficient (Wildman–Crippen LogP) is 2.95. The molecule has 0 aliphatic carbocycles. The van der Waals surface area contributed by atoms with Gasteiger partial charge < -0.3 is 14.6 Å². The van der Waals surface area contributed by atoms with Crippen molar-refractivity contribution in [3.63, 3.8) is 0 Å². The summed E-state index contributed by atoms with van der Waals surface area (Å²) >= 11 is 1.59. The molecule has 3 aromatic rings. The van der Waals surface area contributed by atoms with Gasteiger partial charge in [0.25, 0.3) is 5.91 Å². The first-order chi connectivity index (χ1) is 13.2. The molecular weight excluding hydrogens is 365 g/mol. The molecule has 2 aromatic heterocycles. The summed E-state index contributed by atoms with van der Waals surface area (Å²) in [6.45, 7) is 5.18. The molecule has 3 heterocycles. The summed E-state index contributed by atoms with van der Waals surface area (Å²) in [5.74, 6) is -0.360. The third kappa shape index (κ3) is 4.21. The van der Waals surface area contributed by atoms with Crippen LogP contribution in [0.1, 0.15) is 16.1 Å². The molecule has 1 saturated heterocycles. The van der Waals surface area contributed by atoms with Crippen LogP contribution in [0.3, 0.4) is 0 Å². The highest BCUT2D eigenvalue weighted by molar-refractivity contribution is 7.16. The molecule has 1 aliphatic rings. The van der Waals surface area contributed by atoms with Crippen LogP contribution in [0.2, 0.25) is 0 Å². The zero-order valence-electron chi connectivity index (χ0n) is 15.0. The van der Waals surface area contributed by atoms with Crippen molar-refractivity contribution in [1.82, 2.24) is 14.8 Å². The van der Waals surface area contributed by atoms with Gasteiger partial charge >= 0.3 is 0 Å². The molecule has 0 atom stereocenters. The molecule has 1 amide bonds. The minimum absolute atomic E-state index is 0.0944. The quantitative estimate of drug-likeness (QED) is 0.707. The highest BCUT2D eigenvalue weighted by atomic mass is 32.1. The fourth-order valence-corrected chi connectivity index (χ4v) is 4.28. The average molecular weight is 387 g/mol. The summed E-state index contributed by atoms with van der Waals surface area (Å²) in [4.78, 5) is 16.1. The monoisotopic (exact) mass is 387 g/mol. The maximum absolute atomic E-state index is 13.6. The highest BCUT2D eigenvalue weighted by Crippen LogP contribution is 2.26. The van der Waals surface area contributed by atoms with E-state index in [1.165, 1.54) is 12.1 Å². The van der Waals surface area contributed by atoms with Gasteiger partial charge in [-0.3, -0.25) is 9.69 Å². The maximum atomic E-state index is 13.6. The minimum atomic E-state index is -0.265. The van der Waals surface area contributed by atoms with E-state index in [0.29, 0.717) is 18.8 Å². The average Bonchev–Trinajstić information content (AvgIpc) is 3.25. The number of morpholine rings is 1. The van der Waals surface area contributed by atoms with Crippen LogP contribution in [0.5, 0.6) is 0 Å². The third-order valence-electron chi connectivity index (χ3n) is 4.78. The fourth-order valence-electron chi connectivity index (χ4n) is 3.38. The van der Waals surface area contributed by atoms with Crippen LogP contribution in [0.4, 0.5) is 4.39 Å². The molecule has 0 unspecified atom stereocenters. The van der Waals surface area contributed by atoms with Gasteiger partial charge in [-0.2, -0.15) is 0 Å². The van der Waals surface area contributed by atoms with E-state index in [9.17, 15) is 9.18 Å². The lowest BCUT2D eigenvalue weighted by atomic mass is 10.2. The Morgan fingerprint density at radius 3 is 2.89 bits per heavy atom.